The Hall–Kier alpha value is -2.88. The molecule has 0 unspecified atom stereocenters. The number of benzene rings is 3. The summed E-state index contributed by atoms with van der Waals surface area (Å²) in [5, 5.41) is 9.98. The molecular formula is C17H12FN3. The molecule has 3 aromatic carbocycles. The van der Waals surface area contributed by atoms with E-state index in [1.807, 2.05) is 36.4 Å². The number of nitrogens with zero attached hydrogens (tertiary/aromatic N) is 1. The normalized spacial score (nSPS) is 11.3. The summed E-state index contributed by atoms with van der Waals surface area (Å²) in [5.41, 5.74) is 8.16. The zero-order valence-electron chi connectivity index (χ0n) is 11.1. The van der Waals surface area contributed by atoms with E-state index in [0.29, 0.717) is 22.3 Å². The van der Waals surface area contributed by atoms with E-state index in [9.17, 15) is 4.39 Å². The van der Waals surface area contributed by atoms with E-state index in [-0.39, 0.29) is 5.82 Å². The lowest BCUT2D eigenvalue weighted by Crippen LogP contribution is -1.87. The molecule has 3 nitrogen and oxygen atoms in total. The van der Waals surface area contributed by atoms with Crippen LogP contribution in [0.3, 0.4) is 0 Å². The topological polar surface area (TPSA) is 54.7 Å². The quantitative estimate of drug-likeness (QED) is 0.514. The number of nitrogens with one attached hydrogen (secondary N) is 1. The summed E-state index contributed by atoms with van der Waals surface area (Å²) in [6.45, 7) is 0. The van der Waals surface area contributed by atoms with E-state index in [2.05, 4.69) is 16.3 Å². The standard InChI is InChI=1S/C17H12FN3/c18-15-9-13(19)8-14-16(20-21-17(14)15)12-6-5-10-3-1-2-4-11(10)7-12/h1-9H,19H2,(H,20,21). The number of hydrogen-bond acceptors (Lipinski definition) is 2. The van der Waals surface area contributed by atoms with Gasteiger partial charge in [-0.2, -0.15) is 5.10 Å². The Kier molecular flexibility index (Phi) is 2.44. The van der Waals surface area contributed by atoms with Crippen LogP contribution in [-0.2, 0) is 0 Å². The van der Waals surface area contributed by atoms with Gasteiger partial charge >= 0.3 is 0 Å². The van der Waals surface area contributed by atoms with Crippen LogP contribution in [0.1, 0.15) is 0 Å². The summed E-state index contributed by atoms with van der Waals surface area (Å²) in [5.74, 6) is -0.385. The summed E-state index contributed by atoms with van der Waals surface area (Å²) < 4.78 is 13.9. The van der Waals surface area contributed by atoms with Gasteiger partial charge < -0.3 is 5.73 Å². The van der Waals surface area contributed by atoms with Gasteiger partial charge in [0.15, 0.2) is 5.82 Å². The van der Waals surface area contributed by atoms with Crippen molar-refractivity contribution in [3.05, 3.63) is 60.4 Å². The lowest BCUT2D eigenvalue weighted by molar-refractivity contribution is 0.637. The fraction of sp³-hybridized carbons (Fsp3) is 0. The number of nitrogen functional groups attached to an aromatic ring is 1. The van der Waals surface area contributed by atoms with Crippen LogP contribution < -0.4 is 5.73 Å². The van der Waals surface area contributed by atoms with Crippen molar-refractivity contribution in [2.45, 2.75) is 0 Å². The maximum Gasteiger partial charge on any atom is 0.150 e. The molecule has 0 aliphatic rings. The van der Waals surface area contributed by atoms with Crippen LogP contribution in [0, 0.1) is 5.82 Å². The Morgan fingerprint density at radius 2 is 1.76 bits per heavy atom. The minimum atomic E-state index is -0.385. The second kappa shape index (κ2) is 4.31. The number of hydrogen-bond donors (Lipinski definition) is 2. The molecule has 3 N–H and O–H groups in total. The molecule has 0 spiro atoms. The molecule has 0 aliphatic heterocycles. The highest BCUT2D eigenvalue weighted by Gasteiger charge is 2.12. The number of aromatic nitrogens is 2. The fourth-order valence-corrected chi connectivity index (χ4v) is 2.66. The lowest BCUT2D eigenvalue weighted by atomic mass is 10.0. The number of nitrogens with two attached hydrogens (primary N) is 1. The van der Waals surface area contributed by atoms with E-state index in [0.717, 1.165) is 16.3 Å². The van der Waals surface area contributed by atoms with Gasteiger partial charge in [-0.1, -0.05) is 36.4 Å². The summed E-state index contributed by atoms with van der Waals surface area (Å²) in [6.07, 6.45) is 0. The van der Waals surface area contributed by atoms with E-state index >= 15 is 0 Å². The average molecular weight is 277 g/mol. The van der Waals surface area contributed by atoms with E-state index in [4.69, 9.17) is 5.73 Å². The summed E-state index contributed by atoms with van der Waals surface area (Å²) >= 11 is 0. The molecule has 4 rings (SSSR count). The van der Waals surface area contributed by atoms with Gasteiger partial charge in [0.1, 0.15) is 11.2 Å². The highest BCUT2D eigenvalue weighted by Crippen LogP contribution is 2.31. The average Bonchev–Trinajstić information content (AvgIpc) is 2.91. The molecule has 4 heteroatoms. The second-order valence-electron chi connectivity index (χ2n) is 5.06. The number of aromatic amines is 1. The van der Waals surface area contributed by atoms with Gasteiger partial charge in [-0.25, -0.2) is 4.39 Å². The van der Waals surface area contributed by atoms with E-state index in [1.54, 1.807) is 6.07 Å². The first-order valence-corrected chi connectivity index (χ1v) is 6.64. The monoisotopic (exact) mass is 277 g/mol. The smallest absolute Gasteiger partial charge is 0.150 e. The van der Waals surface area contributed by atoms with Gasteiger partial charge in [-0.05, 0) is 29.0 Å². The molecule has 0 radical (unpaired) electrons. The Morgan fingerprint density at radius 3 is 2.62 bits per heavy atom. The van der Waals surface area contributed by atoms with Gasteiger partial charge in [0.05, 0.1) is 0 Å². The lowest BCUT2D eigenvalue weighted by Gasteiger charge is -2.02. The minimum absolute atomic E-state index is 0.382. The van der Waals surface area contributed by atoms with Gasteiger partial charge in [0, 0.05) is 16.6 Å². The molecule has 0 aliphatic carbocycles. The zero-order chi connectivity index (χ0) is 14.4. The Bertz CT molecular complexity index is 972. The highest BCUT2D eigenvalue weighted by atomic mass is 19.1. The first-order chi connectivity index (χ1) is 10.2. The maximum absolute atomic E-state index is 13.9. The number of fused-ring (bicyclic) bond motifs is 2. The largest absolute Gasteiger partial charge is 0.399 e. The molecule has 0 atom stereocenters. The third kappa shape index (κ3) is 1.84. The Morgan fingerprint density at radius 1 is 0.952 bits per heavy atom. The molecule has 0 saturated carbocycles. The third-order valence-corrected chi connectivity index (χ3v) is 3.67. The molecule has 1 aromatic heterocycles. The molecule has 21 heavy (non-hydrogen) atoms. The summed E-state index contributed by atoms with van der Waals surface area (Å²) in [7, 11) is 0. The van der Waals surface area contributed by atoms with Crippen LogP contribution in [0.15, 0.2) is 54.6 Å². The first-order valence-electron chi connectivity index (χ1n) is 6.64. The first kappa shape index (κ1) is 11.9. The molecule has 0 bridgehead atoms. The fourth-order valence-electron chi connectivity index (χ4n) is 2.66. The zero-order valence-corrected chi connectivity index (χ0v) is 11.1. The number of halogens is 1. The van der Waals surface area contributed by atoms with Gasteiger partial charge in [0.25, 0.3) is 0 Å². The van der Waals surface area contributed by atoms with Crippen LogP contribution in [-0.4, -0.2) is 10.2 Å². The SMILES string of the molecule is Nc1cc(F)c2[nH]nc(-c3ccc4ccccc4c3)c2c1. The molecule has 1 heterocycles. The molecular weight excluding hydrogens is 265 g/mol. The molecule has 4 aromatic rings. The van der Waals surface area contributed by atoms with Crippen molar-refractivity contribution < 1.29 is 4.39 Å². The molecule has 102 valence electrons. The summed E-state index contributed by atoms with van der Waals surface area (Å²) in [6, 6.07) is 17.2. The summed E-state index contributed by atoms with van der Waals surface area (Å²) in [4.78, 5) is 0. The van der Waals surface area contributed by atoms with Crippen molar-refractivity contribution in [1.29, 1.82) is 0 Å². The predicted octanol–water partition coefficient (Wildman–Crippen LogP) is 4.10. The van der Waals surface area contributed by atoms with E-state index in [1.165, 1.54) is 6.07 Å². The third-order valence-electron chi connectivity index (χ3n) is 3.67. The van der Waals surface area contributed by atoms with Crippen molar-refractivity contribution in [2.24, 2.45) is 0 Å². The van der Waals surface area contributed by atoms with Crippen LogP contribution in [0.2, 0.25) is 0 Å². The highest BCUT2D eigenvalue weighted by molar-refractivity contribution is 5.97. The van der Waals surface area contributed by atoms with Gasteiger partial charge in [0.2, 0.25) is 0 Å². The van der Waals surface area contributed by atoms with Crippen molar-refractivity contribution >= 4 is 27.4 Å². The van der Waals surface area contributed by atoms with E-state index < -0.39 is 0 Å². The van der Waals surface area contributed by atoms with Crippen LogP contribution in [0.4, 0.5) is 10.1 Å². The van der Waals surface area contributed by atoms with Crippen molar-refractivity contribution in [2.75, 3.05) is 5.73 Å². The number of rotatable bonds is 1. The van der Waals surface area contributed by atoms with Crippen molar-refractivity contribution in [3.8, 4) is 11.3 Å². The number of anilines is 1. The number of H-pyrrole nitrogens is 1. The molecule has 0 amide bonds. The Balaban J connectivity index is 2.00. The second-order valence-corrected chi connectivity index (χ2v) is 5.06. The maximum atomic E-state index is 13.9. The van der Waals surface area contributed by atoms with Gasteiger partial charge in [-0.15, -0.1) is 0 Å². The minimum Gasteiger partial charge on any atom is -0.399 e. The van der Waals surface area contributed by atoms with Crippen LogP contribution >= 0.6 is 0 Å². The van der Waals surface area contributed by atoms with Crippen LogP contribution in [0.5, 0.6) is 0 Å². The van der Waals surface area contributed by atoms with Crippen molar-refractivity contribution in [1.82, 2.24) is 10.2 Å². The van der Waals surface area contributed by atoms with Crippen molar-refractivity contribution in [3.63, 3.8) is 0 Å². The van der Waals surface area contributed by atoms with Gasteiger partial charge in [-0.3, -0.25) is 5.10 Å². The predicted molar refractivity (Wildman–Crippen MR) is 83.4 cm³/mol. The molecule has 0 fully saturated rings. The molecule has 0 saturated heterocycles. The Labute approximate surface area is 120 Å². The van der Waals surface area contributed by atoms with Crippen LogP contribution in [0.25, 0.3) is 32.9 Å².